The van der Waals surface area contributed by atoms with Crippen molar-refractivity contribution >= 4 is 29.1 Å². The Labute approximate surface area is 229 Å². The summed E-state index contributed by atoms with van der Waals surface area (Å²) in [5.74, 6) is -0.296. The zero-order chi connectivity index (χ0) is 28.7. The van der Waals surface area contributed by atoms with Crippen LogP contribution >= 0.6 is 0 Å². The number of urea groups is 2. The fraction of sp³-hybridized carbons (Fsp3) is 0.214. The van der Waals surface area contributed by atoms with Crippen LogP contribution in [0.25, 0.3) is 0 Å². The van der Waals surface area contributed by atoms with Gasteiger partial charge in [0.15, 0.2) is 0 Å². The van der Waals surface area contributed by atoms with Gasteiger partial charge < -0.3 is 15.4 Å². The zero-order valence-corrected chi connectivity index (χ0v) is 21.9. The summed E-state index contributed by atoms with van der Waals surface area (Å²) in [5, 5.41) is 11.1. The van der Waals surface area contributed by atoms with Gasteiger partial charge in [-0.2, -0.15) is 0 Å². The van der Waals surface area contributed by atoms with Gasteiger partial charge in [0.05, 0.1) is 11.4 Å². The van der Waals surface area contributed by atoms with E-state index in [0.29, 0.717) is 24.3 Å². The summed E-state index contributed by atoms with van der Waals surface area (Å²) in [5.41, 5.74) is 8.23. The number of imide groups is 1. The van der Waals surface area contributed by atoms with Crippen molar-refractivity contribution in [1.29, 1.82) is 0 Å². The summed E-state index contributed by atoms with van der Waals surface area (Å²) in [6, 6.07) is 17.5. The quantitative estimate of drug-likeness (QED) is 0.283. The molecule has 1 aliphatic heterocycles. The first kappa shape index (κ1) is 28.3. The third-order valence-electron chi connectivity index (χ3n) is 6.09. The Morgan fingerprint density at radius 1 is 0.900 bits per heavy atom. The van der Waals surface area contributed by atoms with Gasteiger partial charge in [-0.05, 0) is 78.9 Å². The molecule has 210 valence electrons. The second kappa shape index (κ2) is 12.4. The van der Waals surface area contributed by atoms with E-state index in [1.165, 1.54) is 24.3 Å². The van der Waals surface area contributed by atoms with Crippen LogP contribution in [0, 0.1) is 6.92 Å². The van der Waals surface area contributed by atoms with Crippen molar-refractivity contribution in [1.82, 2.24) is 16.2 Å². The number of alkyl halides is 3. The summed E-state index contributed by atoms with van der Waals surface area (Å²) in [6.07, 6.45) is 0.0874. The second-order valence-electron chi connectivity index (χ2n) is 8.89. The summed E-state index contributed by atoms with van der Waals surface area (Å²) in [6.45, 7) is 4.26. The lowest BCUT2D eigenvalue weighted by Gasteiger charge is -2.23. The molecule has 0 saturated heterocycles. The number of carbonyl (C=O) groups is 2. The molecule has 0 fully saturated rings. The molecule has 0 aliphatic carbocycles. The lowest BCUT2D eigenvalue weighted by molar-refractivity contribution is -0.274. The highest BCUT2D eigenvalue weighted by atomic mass is 19.4. The summed E-state index contributed by atoms with van der Waals surface area (Å²) in [7, 11) is 0. The van der Waals surface area contributed by atoms with Gasteiger partial charge in [-0.15, -0.1) is 18.7 Å². The van der Waals surface area contributed by atoms with Gasteiger partial charge >= 0.3 is 18.4 Å². The smallest absolute Gasteiger partial charge is 0.406 e. The number of benzene rings is 3. The Morgan fingerprint density at radius 2 is 1.57 bits per heavy atom. The van der Waals surface area contributed by atoms with Crippen molar-refractivity contribution < 1.29 is 27.5 Å². The monoisotopic (exact) mass is 554 g/mol. The molecule has 9 nitrogen and oxygen atoms in total. The normalized spacial score (nSPS) is 12.8. The number of rotatable bonds is 8. The maximum absolute atomic E-state index is 12.4. The van der Waals surface area contributed by atoms with E-state index < -0.39 is 18.4 Å². The number of nitrogens with one attached hydrogen (secondary N) is 4. The molecule has 0 radical (unpaired) electrons. The van der Waals surface area contributed by atoms with Crippen molar-refractivity contribution in [3.63, 3.8) is 0 Å². The molecule has 12 heteroatoms. The number of aryl methyl sites for hydroxylation is 2. The number of hydrazine groups is 2. The molecule has 3 aromatic carbocycles. The minimum atomic E-state index is -4.74. The fourth-order valence-electron chi connectivity index (χ4n) is 4.08. The first-order chi connectivity index (χ1) is 19.1. The van der Waals surface area contributed by atoms with Crippen LogP contribution in [0.4, 0.5) is 39.8 Å². The average Bonchev–Trinajstić information content (AvgIpc) is 3.40. The van der Waals surface area contributed by atoms with Gasteiger partial charge in [0, 0.05) is 24.6 Å². The maximum Gasteiger partial charge on any atom is 0.573 e. The van der Waals surface area contributed by atoms with Crippen LogP contribution in [0.1, 0.15) is 23.6 Å². The third kappa shape index (κ3) is 7.67. The van der Waals surface area contributed by atoms with Crippen LogP contribution in [-0.4, -0.2) is 25.0 Å². The number of ether oxygens (including phenoxy) is 1. The molecule has 0 aromatic heterocycles. The number of nitrogens with zero attached hydrogens (tertiary/aromatic N) is 2. The highest BCUT2D eigenvalue weighted by Gasteiger charge is 2.31. The number of hydrogen-bond donors (Lipinski definition) is 4. The van der Waals surface area contributed by atoms with Crippen molar-refractivity contribution in [3.05, 3.63) is 95.8 Å². The van der Waals surface area contributed by atoms with Crippen LogP contribution in [-0.2, 0) is 12.8 Å². The summed E-state index contributed by atoms with van der Waals surface area (Å²) >= 11 is 0. The molecule has 0 saturated carbocycles. The number of hydrogen-bond acceptors (Lipinski definition) is 6. The Morgan fingerprint density at radius 3 is 2.25 bits per heavy atom. The molecule has 40 heavy (non-hydrogen) atoms. The molecule has 0 spiro atoms. The van der Waals surface area contributed by atoms with E-state index in [1.807, 2.05) is 50.2 Å². The Hall–Kier alpha value is -4.71. The van der Waals surface area contributed by atoms with Crippen LogP contribution in [0.2, 0.25) is 0 Å². The first-order valence-electron chi connectivity index (χ1n) is 12.5. The maximum atomic E-state index is 12.4. The molecular weight excluding hydrogens is 525 g/mol. The summed E-state index contributed by atoms with van der Waals surface area (Å²) in [4.78, 5) is 24.3. The molecule has 4 rings (SSSR count). The molecule has 1 aliphatic rings. The van der Waals surface area contributed by atoms with Gasteiger partial charge in [-0.25, -0.2) is 9.59 Å². The standard InChI is InChI=1S/C28H29F3N6O3/c1-3-20-6-4-5-7-25(20)33-27(39)34-26(38)32-15-14-21-8-9-23(18-19(21)2)37-17-16-36(35-37)22-10-12-24(13-11-22)40-28(29,30)31/h4-13,16-18,35H,3,14-15H2,1-2H3,(H3,32,33,34,38,39). The summed E-state index contributed by atoms with van der Waals surface area (Å²) < 4.78 is 41.1. The highest BCUT2D eigenvalue weighted by molar-refractivity contribution is 6.00. The molecular formula is C28H29F3N6O3. The van der Waals surface area contributed by atoms with Gasteiger partial charge in [-0.1, -0.05) is 31.2 Å². The number of halogens is 3. The van der Waals surface area contributed by atoms with Crippen LogP contribution < -0.4 is 36.2 Å². The van der Waals surface area contributed by atoms with Crippen LogP contribution in [0.5, 0.6) is 5.75 Å². The minimum absolute atomic E-state index is 0.296. The lowest BCUT2D eigenvalue weighted by Crippen LogP contribution is -2.42. The van der Waals surface area contributed by atoms with E-state index in [4.69, 9.17) is 0 Å². The predicted molar refractivity (Wildman–Crippen MR) is 147 cm³/mol. The van der Waals surface area contributed by atoms with Crippen LogP contribution in [0.15, 0.2) is 79.1 Å². The molecule has 1 heterocycles. The second-order valence-corrected chi connectivity index (χ2v) is 8.89. The van der Waals surface area contributed by atoms with Crippen molar-refractivity contribution in [2.24, 2.45) is 0 Å². The Balaban J connectivity index is 1.24. The minimum Gasteiger partial charge on any atom is -0.406 e. The molecule has 3 aromatic rings. The van der Waals surface area contributed by atoms with Crippen molar-refractivity contribution in [3.8, 4) is 5.75 Å². The van der Waals surface area contributed by atoms with E-state index in [1.54, 1.807) is 28.5 Å². The largest absolute Gasteiger partial charge is 0.573 e. The van der Waals surface area contributed by atoms with Gasteiger partial charge in [-0.3, -0.25) is 15.3 Å². The number of carbonyl (C=O) groups excluding carboxylic acids is 2. The SMILES string of the molecule is CCc1ccccc1NC(=O)NC(=O)NCCc1ccc(N2C=CN(c3ccc(OC(F)(F)F)cc3)N2)cc1C. The lowest BCUT2D eigenvalue weighted by atomic mass is 10.0. The Bertz CT molecular complexity index is 1380. The van der Waals surface area contributed by atoms with E-state index >= 15 is 0 Å². The van der Waals surface area contributed by atoms with E-state index in [2.05, 4.69) is 26.2 Å². The van der Waals surface area contributed by atoms with Gasteiger partial charge in [0.2, 0.25) is 0 Å². The van der Waals surface area contributed by atoms with Crippen molar-refractivity contribution in [2.75, 3.05) is 21.9 Å². The van der Waals surface area contributed by atoms with E-state index in [9.17, 15) is 22.8 Å². The average molecular weight is 555 g/mol. The predicted octanol–water partition coefficient (Wildman–Crippen LogP) is 5.75. The zero-order valence-electron chi connectivity index (χ0n) is 21.9. The van der Waals surface area contributed by atoms with E-state index in [-0.39, 0.29) is 5.75 Å². The van der Waals surface area contributed by atoms with Gasteiger partial charge in [0.25, 0.3) is 0 Å². The van der Waals surface area contributed by atoms with Gasteiger partial charge in [0.1, 0.15) is 5.75 Å². The number of para-hydroxylation sites is 1. The molecule has 4 amide bonds. The molecule has 0 bridgehead atoms. The molecule has 4 N–H and O–H groups in total. The Kier molecular flexibility index (Phi) is 8.80. The number of amides is 4. The molecule has 0 atom stereocenters. The van der Waals surface area contributed by atoms with E-state index in [0.717, 1.165) is 28.8 Å². The van der Waals surface area contributed by atoms with Crippen LogP contribution in [0.3, 0.4) is 0 Å². The fourth-order valence-corrected chi connectivity index (χ4v) is 4.08. The highest BCUT2D eigenvalue weighted by Crippen LogP contribution is 2.27. The first-order valence-corrected chi connectivity index (χ1v) is 12.5. The van der Waals surface area contributed by atoms with Crippen molar-refractivity contribution in [2.45, 2.75) is 33.1 Å². The molecule has 0 unspecified atom stereocenters. The number of anilines is 3. The third-order valence-corrected chi connectivity index (χ3v) is 6.09. The topological polar surface area (TPSA) is 98.0 Å².